The minimum Gasteiger partial charge on any atom is -0.496 e. The molecule has 0 aromatic heterocycles. The number of rotatable bonds is 4. The zero-order valence-electron chi connectivity index (χ0n) is 10.2. The lowest BCUT2D eigenvalue weighted by Gasteiger charge is -2.15. The van der Waals surface area contributed by atoms with E-state index in [1.54, 1.807) is 7.11 Å². The first-order chi connectivity index (χ1) is 7.95. The molecule has 0 aliphatic rings. The number of carbonyl (C=O) groups is 1. The van der Waals surface area contributed by atoms with Crippen LogP contribution in [0.15, 0.2) is 24.3 Å². The average molecular weight is 235 g/mol. The maximum atomic E-state index is 10.4. The summed E-state index contributed by atoms with van der Waals surface area (Å²) < 4.78 is 5.30. The molecule has 92 valence electrons. The molecule has 4 heteroatoms. The Morgan fingerprint density at radius 1 is 1.47 bits per heavy atom. The van der Waals surface area contributed by atoms with E-state index >= 15 is 0 Å². The Labute approximate surface area is 101 Å². The van der Waals surface area contributed by atoms with Gasteiger partial charge < -0.3 is 15.6 Å². The van der Waals surface area contributed by atoms with Crippen molar-refractivity contribution >= 4 is 5.97 Å². The van der Waals surface area contributed by atoms with Gasteiger partial charge in [-0.05, 0) is 19.4 Å². The van der Waals surface area contributed by atoms with Crippen LogP contribution in [0.5, 0.6) is 5.75 Å². The molecule has 0 aliphatic carbocycles. The Kier molecular flexibility index (Phi) is 4.29. The molecule has 1 rings (SSSR count). The third-order valence-electron chi connectivity index (χ3n) is 2.46. The first-order valence-electron chi connectivity index (χ1n) is 5.27. The second-order valence-electron chi connectivity index (χ2n) is 3.93. The van der Waals surface area contributed by atoms with Crippen molar-refractivity contribution in [2.75, 3.05) is 7.11 Å². The summed E-state index contributed by atoms with van der Waals surface area (Å²) in [7, 11) is 1.58. The number of aliphatic carboxylic acids is 1. The fourth-order valence-corrected chi connectivity index (χ4v) is 1.80. The second-order valence-corrected chi connectivity index (χ2v) is 3.93. The number of methoxy groups -OCH3 is 1. The minimum absolute atomic E-state index is 0.486. The van der Waals surface area contributed by atoms with E-state index in [0.717, 1.165) is 22.8 Å². The molecule has 4 nitrogen and oxygen atoms in total. The van der Waals surface area contributed by atoms with Crippen LogP contribution in [-0.2, 0) is 4.79 Å². The first kappa shape index (κ1) is 13.3. The van der Waals surface area contributed by atoms with Crippen LogP contribution in [0.1, 0.15) is 22.7 Å². The molecule has 1 aromatic carbocycles. The fraction of sp³-hybridized carbons (Fsp3) is 0.308. The summed E-state index contributed by atoms with van der Waals surface area (Å²) in [5.74, 6) is -0.304. The summed E-state index contributed by atoms with van der Waals surface area (Å²) in [6, 6.07) is 3.42. The highest BCUT2D eigenvalue weighted by molar-refractivity contribution is 5.79. The number of nitrogens with two attached hydrogens (primary N) is 1. The van der Waals surface area contributed by atoms with Crippen LogP contribution >= 0.6 is 0 Å². The zero-order chi connectivity index (χ0) is 13.0. The highest BCUT2D eigenvalue weighted by Gasteiger charge is 2.12. The molecule has 0 aliphatic heterocycles. The normalized spacial score (nSPS) is 12.7. The van der Waals surface area contributed by atoms with Gasteiger partial charge in [-0.25, -0.2) is 4.79 Å². The lowest BCUT2D eigenvalue weighted by molar-refractivity contribution is -0.131. The van der Waals surface area contributed by atoms with Gasteiger partial charge in [0, 0.05) is 11.6 Å². The number of carboxylic acids is 1. The van der Waals surface area contributed by atoms with Crippen LogP contribution in [-0.4, -0.2) is 18.2 Å². The van der Waals surface area contributed by atoms with E-state index in [2.05, 4.69) is 0 Å². The van der Waals surface area contributed by atoms with Crippen molar-refractivity contribution in [2.24, 2.45) is 5.73 Å². The van der Waals surface area contributed by atoms with Crippen LogP contribution in [0.4, 0.5) is 0 Å². The van der Waals surface area contributed by atoms with E-state index in [4.69, 9.17) is 15.6 Å². The molecule has 0 heterocycles. The third-order valence-corrected chi connectivity index (χ3v) is 2.46. The molecule has 0 saturated carbocycles. The lowest BCUT2D eigenvalue weighted by atomic mass is 10.00. The van der Waals surface area contributed by atoms with E-state index in [9.17, 15) is 4.79 Å². The van der Waals surface area contributed by atoms with E-state index in [0.29, 0.717) is 5.75 Å². The first-order valence-corrected chi connectivity index (χ1v) is 5.27. The highest BCUT2D eigenvalue weighted by atomic mass is 16.5. The van der Waals surface area contributed by atoms with Crippen LogP contribution in [0, 0.1) is 13.8 Å². The summed E-state index contributed by atoms with van der Waals surface area (Å²) in [5.41, 5.74) is 8.78. The monoisotopic (exact) mass is 235 g/mol. The van der Waals surface area contributed by atoms with Crippen molar-refractivity contribution in [1.29, 1.82) is 0 Å². The van der Waals surface area contributed by atoms with E-state index in [1.807, 2.05) is 26.0 Å². The Hall–Kier alpha value is -1.81. The molecular formula is C13H17NO3. The van der Waals surface area contributed by atoms with Gasteiger partial charge in [-0.15, -0.1) is 0 Å². The van der Waals surface area contributed by atoms with Crippen molar-refractivity contribution in [3.8, 4) is 5.75 Å². The van der Waals surface area contributed by atoms with Crippen LogP contribution in [0.3, 0.4) is 0 Å². The average Bonchev–Trinajstić information content (AvgIpc) is 2.24. The van der Waals surface area contributed by atoms with Crippen molar-refractivity contribution in [2.45, 2.75) is 19.9 Å². The Morgan fingerprint density at radius 3 is 2.65 bits per heavy atom. The van der Waals surface area contributed by atoms with E-state index in [-0.39, 0.29) is 0 Å². The molecule has 0 saturated heterocycles. The van der Waals surface area contributed by atoms with Gasteiger partial charge in [0.15, 0.2) is 0 Å². The summed E-state index contributed by atoms with van der Waals surface area (Å²) >= 11 is 0. The van der Waals surface area contributed by atoms with Gasteiger partial charge in [0.05, 0.1) is 13.2 Å². The molecule has 0 radical (unpaired) electrons. The molecule has 0 spiro atoms. The minimum atomic E-state index is -1.01. The molecule has 1 aromatic rings. The van der Waals surface area contributed by atoms with Crippen LogP contribution in [0.25, 0.3) is 0 Å². The van der Waals surface area contributed by atoms with Crippen LogP contribution in [0.2, 0.25) is 0 Å². The van der Waals surface area contributed by atoms with Crippen molar-refractivity contribution < 1.29 is 14.6 Å². The summed E-state index contributed by atoms with van der Waals surface area (Å²) in [5, 5.41) is 8.57. The number of ether oxygens (including phenoxy) is 1. The van der Waals surface area contributed by atoms with Gasteiger partial charge in [-0.2, -0.15) is 0 Å². The van der Waals surface area contributed by atoms with Gasteiger partial charge in [0.1, 0.15) is 5.75 Å². The van der Waals surface area contributed by atoms with Gasteiger partial charge in [0.25, 0.3) is 0 Å². The maximum Gasteiger partial charge on any atom is 0.328 e. The van der Waals surface area contributed by atoms with Crippen molar-refractivity contribution in [3.05, 3.63) is 41.0 Å². The SMILES string of the molecule is COc1c(C)cc(C)cc1C(N)/C=C/C(=O)O. The molecule has 3 N–H and O–H groups in total. The molecule has 17 heavy (non-hydrogen) atoms. The number of hydrogen-bond acceptors (Lipinski definition) is 3. The Balaban J connectivity index is 3.15. The van der Waals surface area contributed by atoms with Gasteiger partial charge in [-0.3, -0.25) is 0 Å². The van der Waals surface area contributed by atoms with Gasteiger partial charge in [0.2, 0.25) is 0 Å². The van der Waals surface area contributed by atoms with E-state index < -0.39 is 12.0 Å². The van der Waals surface area contributed by atoms with Crippen molar-refractivity contribution in [3.63, 3.8) is 0 Å². The molecule has 1 unspecified atom stereocenters. The predicted octanol–water partition coefficient (Wildman–Crippen LogP) is 1.95. The number of benzene rings is 1. The maximum absolute atomic E-state index is 10.4. The van der Waals surface area contributed by atoms with Crippen molar-refractivity contribution in [1.82, 2.24) is 0 Å². The molecular weight excluding hydrogens is 218 g/mol. The topological polar surface area (TPSA) is 72.5 Å². The zero-order valence-corrected chi connectivity index (χ0v) is 10.2. The largest absolute Gasteiger partial charge is 0.496 e. The number of hydrogen-bond donors (Lipinski definition) is 2. The van der Waals surface area contributed by atoms with E-state index in [1.165, 1.54) is 6.08 Å². The molecule has 1 atom stereocenters. The highest BCUT2D eigenvalue weighted by Crippen LogP contribution is 2.29. The lowest BCUT2D eigenvalue weighted by Crippen LogP contribution is -2.10. The van der Waals surface area contributed by atoms with Crippen LogP contribution < -0.4 is 10.5 Å². The summed E-state index contributed by atoms with van der Waals surface area (Å²) in [6.45, 7) is 3.90. The summed E-state index contributed by atoms with van der Waals surface area (Å²) in [6.07, 6.45) is 2.49. The quantitative estimate of drug-likeness (QED) is 0.782. The fourth-order valence-electron chi connectivity index (χ4n) is 1.80. The number of carboxylic acid groups (broad SMARTS) is 1. The smallest absolute Gasteiger partial charge is 0.328 e. The number of aryl methyl sites for hydroxylation is 2. The third kappa shape index (κ3) is 3.32. The standard InChI is InChI=1S/C13H17NO3/c1-8-6-9(2)13(17-3)10(7-8)11(14)4-5-12(15)16/h4-7,11H,14H2,1-3H3,(H,15,16)/b5-4+. The van der Waals surface area contributed by atoms with Gasteiger partial charge >= 0.3 is 5.97 Å². The second kappa shape index (κ2) is 5.50. The predicted molar refractivity (Wildman–Crippen MR) is 66.2 cm³/mol. The Bertz CT molecular complexity index is 452. The Morgan fingerprint density at radius 2 is 2.12 bits per heavy atom. The molecule has 0 amide bonds. The summed E-state index contributed by atoms with van der Waals surface area (Å²) in [4.78, 5) is 10.4. The van der Waals surface area contributed by atoms with Gasteiger partial charge in [-0.1, -0.05) is 23.8 Å². The molecule has 0 bridgehead atoms. The molecule has 0 fully saturated rings.